The predicted molar refractivity (Wildman–Crippen MR) is 125 cm³/mol. The highest BCUT2D eigenvalue weighted by Gasteiger charge is 2.58. The molecule has 4 nitrogen and oxygen atoms in total. The SMILES string of the molecule is CNc1cnc(Cl)cc1C(=O)N(CCc1cccc(C(F)(F)F)c1)Cc1ccc(C(F)(F)C(F)(F)F)cc1. The summed E-state index contributed by atoms with van der Waals surface area (Å²) in [5.41, 5.74) is -1.27. The van der Waals surface area contributed by atoms with E-state index in [2.05, 4.69) is 10.3 Å². The maximum absolute atomic E-state index is 13.7. The van der Waals surface area contributed by atoms with E-state index in [0.717, 1.165) is 24.3 Å². The molecule has 0 saturated carbocycles. The van der Waals surface area contributed by atoms with Crippen molar-refractivity contribution in [1.82, 2.24) is 9.88 Å². The van der Waals surface area contributed by atoms with Crippen molar-refractivity contribution in [2.24, 2.45) is 0 Å². The summed E-state index contributed by atoms with van der Waals surface area (Å²) in [4.78, 5) is 18.5. The molecule has 0 spiro atoms. The number of nitrogens with zero attached hydrogens (tertiary/aromatic N) is 2. The molecule has 1 aromatic heterocycles. The van der Waals surface area contributed by atoms with Gasteiger partial charge in [-0.3, -0.25) is 4.79 Å². The van der Waals surface area contributed by atoms with Gasteiger partial charge in [0.1, 0.15) is 5.15 Å². The van der Waals surface area contributed by atoms with E-state index < -0.39 is 35.3 Å². The van der Waals surface area contributed by atoms with E-state index in [-0.39, 0.29) is 41.4 Å². The van der Waals surface area contributed by atoms with Gasteiger partial charge in [0.25, 0.3) is 5.91 Å². The van der Waals surface area contributed by atoms with Crippen molar-refractivity contribution < 1.29 is 39.9 Å². The molecule has 13 heteroatoms. The van der Waals surface area contributed by atoms with Gasteiger partial charge in [0.2, 0.25) is 0 Å². The number of carbonyl (C=O) groups is 1. The Morgan fingerprint density at radius 1 is 0.921 bits per heavy atom. The van der Waals surface area contributed by atoms with Crippen molar-refractivity contribution in [3.8, 4) is 0 Å². The number of carbonyl (C=O) groups excluding carboxylic acids is 1. The van der Waals surface area contributed by atoms with Crippen LogP contribution in [-0.4, -0.2) is 35.6 Å². The van der Waals surface area contributed by atoms with Crippen molar-refractivity contribution in [1.29, 1.82) is 0 Å². The van der Waals surface area contributed by atoms with Crippen LogP contribution in [-0.2, 0) is 25.1 Å². The first-order chi connectivity index (χ1) is 17.6. The summed E-state index contributed by atoms with van der Waals surface area (Å²) in [6.07, 6.45) is -9.06. The van der Waals surface area contributed by atoms with Crippen molar-refractivity contribution in [2.75, 3.05) is 18.9 Å². The average Bonchev–Trinajstić information content (AvgIpc) is 2.85. The van der Waals surface area contributed by atoms with Crippen LogP contribution < -0.4 is 5.32 Å². The maximum Gasteiger partial charge on any atom is 0.458 e. The van der Waals surface area contributed by atoms with Crippen LogP contribution in [0.2, 0.25) is 5.15 Å². The first kappa shape index (κ1) is 29.2. The fourth-order valence-corrected chi connectivity index (χ4v) is 3.76. The summed E-state index contributed by atoms with van der Waals surface area (Å²) in [5, 5.41) is 2.76. The van der Waals surface area contributed by atoms with Gasteiger partial charge in [0, 0.05) is 25.7 Å². The van der Waals surface area contributed by atoms with Gasteiger partial charge in [0.15, 0.2) is 0 Å². The number of hydrogen-bond acceptors (Lipinski definition) is 3. The third kappa shape index (κ3) is 6.72. The Kier molecular flexibility index (Phi) is 8.55. The lowest BCUT2D eigenvalue weighted by Crippen LogP contribution is -2.34. The Labute approximate surface area is 217 Å². The molecular weight excluding hydrogens is 546 g/mol. The molecule has 0 unspecified atom stereocenters. The van der Waals surface area contributed by atoms with Crippen LogP contribution in [0, 0.1) is 0 Å². The predicted octanol–water partition coefficient (Wildman–Crippen LogP) is 7.33. The summed E-state index contributed by atoms with van der Waals surface area (Å²) >= 11 is 5.93. The van der Waals surface area contributed by atoms with E-state index in [4.69, 9.17) is 11.6 Å². The average molecular weight is 566 g/mol. The number of halogens is 9. The van der Waals surface area contributed by atoms with Gasteiger partial charge in [-0.1, -0.05) is 54.1 Å². The van der Waals surface area contributed by atoms with E-state index in [1.807, 2.05) is 0 Å². The molecule has 0 aliphatic carbocycles. The molecule has 1 heterocycles. The first-order valence-electron chi connectivity index (χ1n) is 11.0. The lowest BCUT2D eigenvalue weighted by Gasteiger charge is -2.25. The Morgan fingerprint density at radius 2 is 1.58 bits per heavy atom. The molecular formula is C25H20ClF8N3O. The fraction of sp³-hybridized carbons (Fsp3) is 0.280. The van der Waals surface area contributed by atoms with Crippen LogP contribution in [0.3, 0.4) is 0 Å². The summed E-state index contributed by atoms with van der Waals surface area (Å²) in [6.45, 7) is -0.345. The van der Waals surface area contributed by atoms with Crippen LogP contribution >= 0.6 is 11.6 Å². The Hall–Kier alpha value is -3.41. The number of rotatable bonds is 8. The number of nitrogens with one attached hydrogen (secondary N) is 1. The molecule has 0 aliphatic rings. The van der Waals surface area contributed by atoms with Gasteiger partial charge in [0.05, 0.1) is 23.0 Å². The minimum atomic E-state index is -5.79. The molecule has 1 N–H and O–H groups in total. The van der Waals surface area contributed by atoms with Gasteiger partial charge >= 0.3 is 18.3 Å². The van der Waals surface area contributed by atoms with Gasteiger partial charge in [-0.15, -0.1) is 0 Å². The van der Waals surface area contributed by atoms with E-state index >= 15 is 0 Å². The number of amides is 1. The van der Waals surface area contributed by atoms with Crippen LogP contribution in [0.4, 0.5) is 40.8 Å². The molecule has 2 aromatic carbocycles. The van der Waals surface area contributed by atoms with Crippen LogP contribution in [0.25, 0.3) is 0 Å². The molecule has 1 amide bonds. The van der Waals surface area contributed by atoms with Gasteiger partial charge < -0.3 is 10.2 Å². The summed E-state index contributed by atoms with van der Waals surface area (Å²) in [5.74, 6) is -5.68. The Bertz CT molecular complexity index is 1280. The Morgan fingerprint density at radius 3 is 2.16 bits per heavy atom. The second-order valence-corrected chi connectivity index (χ2v) is 8.63. The van der Waals surface area contributed by atoms with Crippen molar-refractivity contribution in [3.63, 3.8) is 0 Å². The van der Waals surface area contributed by atoms with Crippen molar-refractivity contribution in [2.45, 2.75) is 31.2 Å². The molecule has 0 atom stereocenters. The second kappa shape index (κ2) is 11.1. The topological polar surface area (TPSA) is 45.2 Å². The van der Waals surface area contributed by atoms with Gasteiger partial charge in [-0.2, -0.15) is 35.1 Å². The molecule has 0 radical (unpaired) electrons. The van der Waals surface area contributed by atoms with Crippen LogP contribution in [0.5, 0.6) is 0 Å². The maximum atomic E-state index is 13.7. The third-order valence-corrected chi connectivity index (χ3v) is 5.83. The molecule has 0 saturated heterocycles. The smallest absolute Gasteiger partial charge is 0.386 e. The highest BCUT2D eigenvalue weighted by molar-refractivity contribution is 6.29. The van der Waals surface area contributed by atoms with Gasteiger partial charge in [-0.05, 0) is 29.7 Å². The molecule has 0 fully saturated rings. The van der Waals surface area contributed by atoms with Gasteiger partial charge in [-0.25, -0.2) is 4.98 Å². The van der Waals surface area contributed by atoms with E-state index in [1.165, 1.54) is 36.3 Å². The van der Waals surface area contributed by atoms with Crippen molar-refractivity contribution in [3.05, 3.63) is 93.8 Å². The molecule has 204 valence electrons. The lowest BCUT2D eigenvalue weighted by atomic mass is 10.0. The molecule has 3 aromatic rings. The summed E-state index contributed by atoms with van der Waals surface area (Å²) in [6, 6.07) is 9.08. The number of aromatic nitrogens is 1. The van der Waals surface area contributed by atoms with Crippen LogP contribution in [0.15, 0.2) is 60.8 Å². The first-order valence-corrected chi connectivity index (χ1v) is 11.3. The quantitative estimate of drug-likeness (QED) is 0.230. The zero-order valence-corrected chi connectivity index (χ0v) is 20.4. The Balaban J connectivity index is 1.91. The monoisotopic (exact) mass is 565 g/mol. The molecule has 0 aliphatic heterocycles. The zero-order valence-electron chi connectivity index (χ0n) is 19.6. The van der Waals surface area contributed by atoms with E-state index in [0.29, 0.717) is 17.8 Å². The zero-order chi connectivity index (χ0) is 28.3. The lowest BCUT2D eigenvalue weighted by molar-refractivity contribution is -0.289. The number of pyridine rings is 1. The van der Waals surface area contributed by atoms with Crippen molar-refractivity contribution >= 4 is 23.2 Å². The fourth-order valence-electron chi connectivity index (χ4n) is 3.60. The normalized spacial score (nSPS) is 12.4. The van der Waals surface area contributed by atoms with E-state index in [9.17, 15) is 39.9 Å². The number of alkyl halides is 8. The highest BCUT2D eigenvalue weighted by atomic mass is 35.5. The number of anilines is 1. The van der Waals surface area contributed by atoms with Crippen LogP contribution in [0.1, 0.15) is 32.6 Å². The minimum absolute atomic E-state index is 0.00636. The summed E-state index contributed by atoms with van der Waals surface area (Å²) < 4.78 is 105. The highest BCUT2D eigenvalue weighted by Crippen LogP contribution is 2.43. The molecule has 38 heavy (non-hydrogen) atoms. The number of hydrogen-bond donors (Lipinski definition) is 1. The molecule has 0 bridgehead atoms. The standard InChI is InChI=1S/C25H20ClF8N3O/c1-35-20-13-36-21(26)12-19(20)22(38)37(10-9-15-3-2-4-18(11-15)24(29,30)31)14-16-5-7-17(8-6-16)23(27,28)25(32,33)34/h2-8,11-13,35H,9-10,14H2,1H3. The molecule has 3 rings (SSSR count). The second-order valence-electron chi connectivity index (χ2n) is 8.25. The van der Waals surface area contributed by atoms with E-state index in [1.54, 1.807) is 0 Å². The largest absolute Gasteiger partial charge is 0.458 e. The minimum Gasteiger partial charge on any atom is -0.386 e. The third-order valence-electron chi connectivity index (χ3n) is 5.63. The summed E-state index contributed by atoms with van der Waals surface area (Å²) in [7, 11) is 1.52. The number of benzene rings is 2.